The van der Waals surface area contributed by atoms with Crippen LogP contribution < -0.4 is 5.56 Å². The van der Waals surface area contributed by atoms with E-state index in [4.69, 9.17) is 11.6 Å². The van der Waals surface area contributed by atoms with Gasteiger partial charge in [0, 0.05) is 12.4 Å². The van der Waals surface area contributed by atoms with E-state index >= 15 is 0 Å². The summed E-state index contributed by atoms with van der Waals surface area (Å²) in [7, 11) is 0. The van der Waals surface area contributed by atoms with E-state index in [1.807, 2.05) is 23.6 Å². The SMILES string of the molecule is O=c1c2sccc2ncn1C/C=C/CCl. The first kappa shape index (κ1) is 10.4. The number of nitrogens with zero attached hydrogens (tertiary/aromatic N) is 2. The number of alkyl halides is 1. The Hall–Kier alpha value is -1.13. The molecule has 3 nitrogen and oxygen atoms in total. The van der Waals surface area contributed by atoms with Crippen molar-refractivity contribution in [2.24, 2.45) is 0 Å². The molecular weight excluding hydrogens is 232 g/mol. The molecule has 0 aliphatic rings. The molecule has 0 bridgehead atoms. The summed E-state index contributed by atoms with van der Waals surface area (Å²) in [5, 5.41) is 1.87. The summed E-state index contributed by atoms with van der Waals surface area (Å²) < 4.78 is 2.28. The summed E-state index contributed by atoms with van der Waals surface area (Å²) >= 11 is 6.92. The molecule has 2 heterocycles. The maximum Gasteiger partial charge on any atom is 0.271 e. The monoisotopic (exact) mass is 240 g/mol. The van der Waals surface area contributed by atoms with Crippen molar-refractivity contribution in [3.05, 3.63) is 40.3 Å². The predicted octanol–water partition coefficient (Wildman–Crippen LogP) is 2.25. The topological polar surface area (TPSA) is 34.9 Å². The van der Waals surface area contributed by atoms with Gasteiger partial charge in [-0.1, -0.05) is 12.2 Å². The minimum absolute atomic E-state index is 0.00854. The fourth-order valence-electron chi connectivity index (χ4n) is 1.26. The fourth-order valence-corrected chi connectivity index (χ4v) is 2.18. The van der Waals surface area contributed by atoms with Gasteiger partial charge in [0.1, 0.15) is 4.70 Å². The Morgan fingerprint density at radius 3 is 3.20 bits per heavy atom. The second-order valence-electron chi connectivity index (χ2n) is 2.96. The molecule has 0 amide bonds. The first-order valence-electron chi connectivity index (χ1n) is 4.46. The van der Waals surface area contributed by atoms with Gasteiger partial charge in [-0.2, -0.15) is 0 Å². The van der Waals surface area contributed by atoms with Crippen LogP contribution in [0.3, 0.4) is 0 Å². The molecule has 0 saturated carbocycles. The van der Waals surface area contributed by atoms with Crippen molar-refractivity contribution in [3.8, 4) is 0 Å². The summed E-state index contributed by atoms with van der Waals surface area (Å²) in [6.07, 6.45) is 5.23. The van der Waals surface area contributed by atoms with Crippen LogP contribution in [0.2, 0.25) is 0 Å². The highest BCUT2D eigenvalue weighted by Gasteiger charge is 2.03. The Balaban J connectivity index is 2.40. The Bertz CT molecular complexity index is 544. The van der Waals surface area contributed by atoms with Crippen LogP contribution in [0.5, 0.6) is 0 Å². The van der Waals surface area contributed by atoms with Crippen molar-refractivity contribution in [2.45, 2.75) is 6.54 Å². The van der Waals surface area contributed by atoms with Gasteiger partial charge in [0.15, 0.2) is 0 Å². The van der Waals surface area contributed by atoms with E-state index in [1.54, 1.807) is 10.9 Å². The van der Waals surface area contributed by atoms with Gasteiger partial charge in [-0.25, -0.2) is 4.98 Å². The maximum absolute atomic E-state index is 11.9. The predicted molar refractivity (Wildman–Crippen MR) is 63.7 cm³/mol. The van der Waals surface area contributed by atoms with Crippen molar-refractivity contribution in [3.63, 3.8) is 0 Å². The van der Waals surface area contributed by atoms with Crippen molar-refractivity contribution < 1.29 is 0 Å². The molecular formula is C10H9ClN2OS. The Kier molecular flexibility index (Phi) is 3.18. The summed E-state index contributed by atoms with van der Waals surface area (Å²) in [4.78, 5) is 16.0. The lowest BCUT2D eigenvalue weighted by Gasteiger charge is -1.99. The molecule has 0 atom stereocenters. The zero-order valence-electron chi connectivity index (χ0n) is 7.89. The molecule has 0 unspecified atom stereocenters. The molecule has 2 aromatic rings. The van der Waals surface area contributed by atoms with E-state index in [1.165, 1.54) is 11.3 Å². The average Bonchev–Trinajstić information content (AvgIpc) is 2.70. The van der Waals surface area contributed by atoms with Crippen molar-refractivity contribution in [1.82, 2.24) is 9.55 Å². The number of halogens is 1. The summed E-state index contributed by atoms with van der Waals surface area (Å²) in [5.41, 5.74) is 0.775. The molecule has 0 fully saturated rings. The molecule has 78 valence electrons. The second-order valence-corrected chi connectivity index (χ2v) is 4.19. The average molecular weight is 241 g/mol. The van der Waals surface area contributed by atoms with Crippen molar-refractivity contribution >= 4 is 33.2 Å². The maximum atomic E-state index is 11.9. The Morgan fingerprint density at radius 2 is 2.40 bits per heavy atom. The highest BCUT2D eigenvalue weighted by atomic mass is 35.5. The molecule has 2 aromatic heterocycles. The number of fused-ring (bicyclic) bond motifs is 1. The minimum atomic E-state index is 0.00854. The van der Waals surface area contributed by atoms with Crippen LogP contribution >= 0.6 is 22.9 Å². The van der Waals surface area contributed by atoms with Crippen molar-refractivity contribution in [2.75, 3.05) is 5.88 Å². The molecule has 0 radical (unpaired) electrons. The molecule has 2 rings (SSSR count). The van der Waals surface area contributed by atoms with E-state index in [0.717, 1.165) is 5.52 Å². The van der Waals surface area contributed by atoms with Gasteiger partial charge in [-0.3, -0.25) is 9.36 Å². The third-order valence-electron chi connectivity index (χ3n) is 1.99. The number of hydrogen-bond donors (Lipinski definition) is 0. The number of thiophene rings is 1. The van der Waals surface area contributed by atoms with Crippen LogP contribution in [0.4, 0.5) is 0 Å². The lowest BCUT2D eigenvalue weighted by Crippen LogP contribution is -2.18. The van der Waals surface area contributed by atoms with Crippen LogP contribution in [-0.4, -0.2) is 15.4 Å². The minimum Gasteiger partial charge on any atom is -0.294 e. The summed E-state index contributed by atoms with van der Waals surface area (Å²) in [6, 6.07) is 1.85. The molecule has 0 N–H and O–H groups in total. The summed E-state index contributed by atoms with van der Waals surface area (Å²) in [6.45, 7) is 0.520. The first-order valence-corrected chi connectivity index (χ1v) is 5.88. The van der Waals surface area contributed by atoms with Crippen LogP contribution in [0.25, 0.3) is 10.2 Å². The van der Waals surface area contributed by atoms with Gasteiger partial charge in [0.25, 0.3) is 5.56 Å². The van der Waals surface area contributed by atoms with Gasteiger partial charge in [-0.15, -0.1) is 22.9 Å². The largest absolute Gasteiger partial charge is 0.294 e. The third-order valence-corrected chi connectivity index (χ3v) is 3.06. The fraction of sp³-hybridized carbons (Fsp3) is 0.200. The number of allylic oxidation sites excluding steroid dienone is 2. The van der Waals surface area contributed by atoms with E-state index in [0.29, 0.717) is 17.1 Å². The molecule has 5 heteroatoms. The lowest BCUT2D eigenvalue weighted by molar-refractivity contribution is 0.768. The second kappa shape index (κ2) is 4.59. The molecule has 15 heavy (non-hydrogen) atoms. The van der Waals surface area contributed by atoms with Crippen molar-refractivity contribution in [1.29, 1.82) is 0 Å². The molecule has 0 aliphatic heterocycles. The molecule has 0 spiro atoms. The van der Waals surface area contributed by atoms with E-state index in [9.17, 15) is 4.79 Å². The first-order chi connectivity index (χ1) is 7.33. The zero-order valence-corrected chi connectivity index (χ0v) is 9.46. The van der Waals surface area contributed by atoms with Crippen LogP contribution in [-0.2, 0) is 6.54 Å². The van der Waals surface area contributed by atoms with Gasteiger partial charge in [0.2, 0.25) is 0 Å². The van der Waals surface area contributed by atoms with Gasteiger partial charge in [-0.05, 0) is 11.4 Å². The van der Waals surface area contributed by atoms with Crippen LogP contribution in [0.15, 0.2) is 34.7 Å². The normalized spacial score (nSPS) is 11.5. The number of aromatic nitrogens is 2. The number of rotatable bonds is 3. The standard InChI is InChI=1S/C10H9ClN2OS/c11-4-1-2-5-13-7-12-8-3-6-15-9(8)10(13)14/h1-3,6-7H,4-5H2/b2-1+. The van der Waals surface area contributed by atoms with E-state index in [-0.39, 0.29) is 5.56 Å². The summed E-state index contributed by atoms with van der Waals surface area (Å²) in [5.74, 6) is 0.462. The Labute approximate surface area is 95.6 Å². The molecule has 0 saturated heterocycles. The third kappa shape index (κ3) is 2.11. The Morgan fingerprint density at radius 1 is 1.53 bits per heavy atom. The zero-order chi connectivity index (χ0) is 10.7. The van der Waals surface area contributed by atoms with E-state index in [2.05, 4.69) is 4.98 Å². The lowest BCUT2D eigenvalue weighted by atomic mass is 10.4. The molecule has 0 aliphatic carbocycles. The number of hydrogen-bond acceptors (Lipinski definition) is 3. The quantitative estimate of drug-likeness (QED) is 0.609. The van der Waals surface area contributed by atoms with Crippen LogP contribution in [0.1, 0.15) is 0 Å². The van der Waals surface area contributed by atoms with Gasteiger partial charge < -0.3 is 0 Å². The highest BCUT2D eigenvalue weighted by Crippen LogP contribution is 2.12. The smallest absolute Gasteiger partial charge is 0.271 e. The van der Waals surface area contributed by atoms with E-state index < -0.39 is 0 Å². The van der Waals surface area contributed by atoms with Gasteiger partial charge in [0.05, 0.1) is 11.8 Å². The van der Waals surface area contributed by atoms with Gasteiger partial charge >= 0.3 is 0 Å². The highest BCUT2D eigenvalue weighted by molar-refractivity contribution is 7.17. The van der Waals surface area contributed by atoms with Crippen LogP contribution in [0, 0.1) is 0 Å². The molecule has 0 aromatic carbocycles.